The van der Waals surface area contributed by atoms with Gasteiger partial charge in [-0.05, 0) is 68.7 Å². The molecule has 3 heterocycles. The lowest BCUT2D eigenvalue weighted by Crippen LogP contribution is -2.29. The van der Waals surface area contributed by atoms with Gasteiger partial charge >= 0.3 is 11.9 Å². The highest BCUT2D eigenvalue weighted by molar-refractivity contribution is 7.17. The molecule has 10 nitrogen and oxygen atoms in total. The van der Waals surface area contributed by atoms with Crippen LogP contribution in [-0.4, -0.2) is 54.2 Å². The quantitative estimate of drug-likeness (QED) is 0.0883. The average Bonchev–Trinajstić information content (AvgIpc) is 3.66. The molecule has 0 spiro atoms. The van der Waals surface area contributed by atoms with Crippen molar-refractivity contribution in [3.8, 4) is 17.2 Å². The van der Waals surface area contributed by atoms with E-state index >= 15 is 0 Å². The molecule has 44 heavy (non-hydrogen) atoms. The predicted molar refractivity (Wildman–Crippen MR) is 166 cm³/mol. The zero-order valence-corrected chi connectivity index (χ0v) is 26.3. The summed E-state index contributed by atoms with van der Waals surface area (Å²) in [6.07, 6.45) is 3.62. The highest BCUT2D eigenvalue weighted by Gasteiger charge is 2.49. The molecule has 1 fully saturated rings. The van der Waals surface area contributed by atoms with Crippen LogP contribution in [0.15, 0.2) is 42.0 Å². The monoisotopic (exact) mass is 620 g/mol. The molecule has 1 aromatic heterocycles. The first-order valence-electron chi connectivity index (χ1n) is 14.7. The number of aliphatic hydroxyl groups excluding tert-OH is 1. The summed E-state index contributed by atoms with van der Waals surface area (Å²) in [6.45, 7) is 8.43. The average molecular weight is 621 g/mol. The second-order valence-electron chi connectivity index (χ2n) is 10.7. The lowest BCUT2D eigenvalue weighted by molar-refractivity contribution is -0.132. The van der Waals surface area contributed by atoms with E-state index in [1.165, 1.54) is 12.0 Å². The van der Waals surface area contributed by atoms with Crippen LogP contribution in [0.25, 0.3) is 5.76 Å². The molecule has 2 aliphatic rings. The van der Waals surface area contributed by atoms with Gasteiger partial charge in [0.1, 0.15) is 22.5 Å². The maximum Gasteiger partial charge on any atom is 0.350 e. The third kappa shape index (κ3) is 5.88. The van der Waals surface area contributed by atoms with Crippen LogP contribution in [0.1, 0.15) is 78.1 Å². The molecular formula is C33H36N2O8S. The Bertz CT molecular complexity index is 1630. The topological polar surface area (TPSA) is 124 Å². The van der Waals surface area contributed by atoms with Crippen molar-refractivity contribution < 1.29 is 38.4 Å². The van der Waals surface area contributed by atoms with Gasteiger partial charge in [-0.3, -0.25) is 14.5 Å². The molecule has 1 N–H and O–H groups in total. The minimum absolute atomic E-state index is 0.00943. The largest absolute Gasteiger partial charge is 0.507 e. The number of nitrogens with zero attached hydrogens (tertiary/aromatic N) is 2. The van der Waals surface area contributed by atoms with E-state index in [1.807, 2.05) is 13.8 Å². The van der Waals surface area contributed by atoms with Gasteiger partial charge in [-0.15, -0.1) is 0 Å². The maximum atomic E-state index is 13.7. The fraction of sp³-hybridized carbons (Fsp3) is 0.394. The number of methoxy groups -OCH3 is 1. The molecule has 0 radical (unpaired) electrons. The van der Waals surface area contributed by atoms with Crippen molar-refractivity contribution in [2.75, 3.05) is 25.2 Å². The number of hydrogen-bond donors (Lipinski definition) is 1. The van der Waals surface area contributed by atoms with Crippen LogP contribution >= 0.6 is 11.3 Å². The highest BCUT2D eigenvalue weighted by atomic mass is 32.1. The molecular weight excluding hydrogens is 584 g/mol. The molecule has 1 saturated heterocycles. The molecule has 2 unspecified atom stereocenters. The number of thiazole rings is 1. The summed E-state index contributed by atoms with van der Waals surface area (Å²) in [7, 11) is 1.26. The van der Waals surface area contributed by atoms with Crippen LogP contribution in [0.4, 0.5) is 5.13 Å². The first-order chi connectivity index (χ1) is 21.2. The van der Waals surface area contributed by atoms with Gasteiger partial charge in [-0.2, -0.15) is 0 Å². The molecule has 2 aliphatic heterocycles. The molecule has 2 atom stereocenters. The van der Waals surface area contributed by atoms with Crippen molar-refractivity contribution in [3.05, 3.63) is 69.2 Å². The molecule has 5 rings (SSSR count). The first kappa shape index (κ1) is 31.1. The van der Waals surface area contributed by atoms with Gasteiger partial charge in [-0.1, -0.05) is 37.2 Å². The van der Waals surface area contributed by atoms with E-state index in [-0.39, 0.29) is 27.4 Å². The number of ether oxygens (including phenoxy) is 4. The summed E-state index contributed by atoms with van der Waals surface area (Å²) in [5.74, 6) is -0.971. The number of anilines is 1. The zero-order valence-electron chi connectivity index (χ0n) is 25.5. The zero-order chi connectivity index (χ0) is 31.5. The molecule has 11 heteroatoms. The Hall–Kier alpha value is -4.38. The number of hydrogen-bond acceptors (Lipinski definition) is 10. The third-order valence-electron chi connectivity index (χ3n) is 7.56. The van der Waals surface area contributed by atoms with Gasteiger partial charge in [0, 0.05) is 12.0 Å². The first-order valence-corrected chi connectivity index (χ1v) is 15.6. The van der Waals surface area contributed by atoms with E-state index in [0.29, 0.717) is 48.0 Å². The van der Waals surface area contributed by atoms with Crippen molar-refractivity contribution >= 4 is 39.9 Å². The molecule has 1 amide bonds. The molecule has 0 aliphatic carbocycles. The highest BCUT2D eigenvalue weighted by Crippen LogP contribution is 2.46. The SMILES string of the molecule is CCCCCOc1ccc(C2C(=C(O)c3ccc4c(c3)CC(C)O4)C(=O)C(=O)N2c2nc(C)c(C(=O)OC)s2)cc1OCC. The van der Waals surface area contributed by atoms with Gasteiger partial charge in [-0.25, -0.2) is 9.78 Å². The molecule has 0 saturated carbocycles. The van der Waals surface area contributed by atoms with Gasteiger partial charge in [0.2, 0.25) is 0 Å². The lowest BCUT2D eigenvalue weighted by atomic mass is 9.94. The number of carbonyl (C=O) groups excluding carboxylic acids is 3. The number of unbranched alkanes of at least 4 members (excludes halogenated alkanes) is 2. The van der Waals surface area contributed by atoms with Crippen LogP contribution in [-0.2, 0) is 20.7 Å². The van der Waals surface area contributed by atoms with Crippen LogP contribution in [0, 0.1) is 6.92 Å². The fourth-order valence-corrected chi connectivity index (χ4v) is 6.47. The predicted octanol–water partition coefficient (Wildman–Crippen LogP) is 6.16. The van der Waals surface area contributed by atoms with Gasteiger partial charge in [0.15, 0.2) is 16.6 Å². The number of benzene rings is 2. The van der Waals surface area contributed by atoms with Crippen LogP contribution in [0.2, 0.25) is 0 Å². The second kappa shape index (κ2) is 13.1. The van der Waals surface area contributed by atoms with Crippen molar-refractivity contribution in [1.29, 1.82) is 0 Å². The standard InChI is InChI=1S/C33H36N2O8S/c1-6-8-9-14-42-24-13-10-20(17-25(24)41-7-2)27-26(28(36)21-11-12-23-22(16-21)15-18(3)43-23)29(37)31(38)35(27)33-34-19(4)30(44-33)32(39)40-5/h10-13,16-18,27,36H,6-9,14-15H2,1-5H3. The summed E-state index contributed by atoms with van der Waals surface area (Å²) in [5, 5.41) is 11.8. The van der Waals surface area contributed by atoms with Crippen molar-refractivity contribution in [1.82, 2.24) is 4.98 Å². The summed E-state index contributed by atoms with van der Waals surface area (Å²) in [4.78, 5) is 45.8. The second-order valence-corrected chi connectivity index (χ2v) is 11.7. The lowest BCUT2D eigenvalue weighted by Gasteiger charge is -2.24. The number of rotatable bonds is 11. The van der Waals surface area contributed by atoms with Gasteiger partial charge < -0.3 is 24.1 Å². The Morgan fingerprint density at radius 3 is 2.64 bits per heavy atom. The molecule has 0 bridgehead atoms. The van der Waals surface area contributed by atoms with E-state index in [2.05, 4.69) is 11.9 Å². The van der Waals surface area contributed by atoms with E-state index < -0.39 is 23.7 Å². The minimum Gasteiger partial charge on any atom is -0.507 e. The fourth-order valence-electron chi connectivity index (χ4n) is 5.45. The number of fused-ring (bicyclic) bond motifs is 1. The van der Waals surface area contributed by atoms with Gasteiger partial charge in [0.05, 0.1) is 37.6 Å². The Kier molecular flexibility index (Phi) is 9.24. The molecule has 3 aromatic rings. The summed E-state index contributed by atoms with van der Waals surface area (Å²) < 4.78 is 22.6. The Morgan fingerprint density at radius 1 is 1.11 bits per heavy atom. The van der Waals surface area contributed by atoms with Crippen LogP contribution < -0.4 is 19.1 Å². The number of esters is 1. The summed E-state index contributed by atoms with van der Waals surface area (Å²) >= 11 is 0.944. The number of aromatic nitrogens is 1. The van der Waals surface area contributed by atoms with E-state index in [1.54, 1.807) is 43.3 Å². The number of Topliss-reactive ketones (excluding diaryl/α,β-unsaturated/α-hetero) is 1. The summed E-state index contributed by atoms with van der Waals surface area (Å²) in [6, 6.07) is 9.34. The molecule has 232 valence electrons. The molecule has 2 aromatic carbocycles. The number of aryl methyl sites for hydroxylation is 1. The van der Waals surface area contributed by atoms with Crippen LogP contribution in [0.5, 0.6) is 17.2 Å². The maximum absolute atomic E-state index is 13.7. The number of carbonyl (C=O) groups is 3. The number of ketones is 1. The Labute approximate surface area is 260 Å². The van der Waals surface area contributed by atoms with E-state index in [0.717, 1.165) is 41.9 Å². The third-order valence-corrected chi connectivity index (χ3v) is 8.70. The van der Waals surface area contributed by atoms with Gasteiger partial charge in [0.25, 0.3) is 5.78 Å². The smallest absolute Gasteiger partial charge is 0.350 e. The van der Waals surface area contributed by atoms with Crippen LogP contribution in [0.3, 0.4) is 0 Å². The Balaban J connectivity index is 1.65. The van der Waals surface area contributed by atoms with Crippen molar-refractivity contribution in [2.24, 2.45) is 0 Å². The number of amides is 1. The van der Waals surface area contributed by atoms with Crippen molar-refractivity contribution in [2.45, 2.75) is 65.5 Å². The Morgan fingerprint density at radius 2 is 1.91 bits per heavy atom. The van der Waals surface area contributed by atoms with E-state index in [9.17, 15) is 19.5 Å². The van der Waals surface area contributed by atoms with E-state index in [4.69, 9.17) is 18.9 Å². The summed E-state index contributed by atoms with van der Waals surface area (Å²) in [5.41, 5.74) is 2.04. The van der Waals surface area contributed by atoms with Crippen molar-refractivity contribution in [3.63, 3.8) is 0 Å². The number of aliphatic hydroxyl groups is 1. The minimum atomic E-state index is -1.07. The normalized spacial score (nSPS) is 18.7.